The molecule has 0 N–H and O–H groups in total. The van der Waals surface area contributed by atoms with Crippen molar-refractivity contribution < 1.29 is 76.2 Å². The van der Waals surface area contributed by atoms with Crippen LogP contribution in [0.3, 0.4) is 0 Å². The number of nitrogens with zero attached hydrogens (tertiary/aromatic N) is 3. The number of hydrogen-bond acceptors (Lipinski definition) is 18. The van der Waals surface area contributed by atoms with Gasteiger partial charge in [-0.05, 0) is 12.1 Å². The second-order valence-corrected chi connectivity index (χ2v) is 11.0. The third-order valence-corrected chi connectivity index (χ3v) is 6.75. The first-order valence-corrected chi connectivity index (χ1v) is 15.5. The summed E-state index contributed by atoms with van der Waals surface area (Å²) in [5.74, 6) is -5.92. The van der Waals surface area contributed by atoms with Crippen molar-refractivity contribution in [2.24, 2.45) is 0 Å². The van der Waals surface area contributed by atoms with Crippen LogP contribution in [0.15, 0.2) is 36.5 Å². The summed E-state index contributed by atoms with van der Waals surface area (Å²) in [6.45, 7) is 6.27. The minimum absolute atomic E-state index is 0.0714. The Kier molecular flexibility index (Phi) is 14.5. The molecule has 8 unspecified atom stereocenters. The van der Waals surface area contributed by atoms with Gasteiger partial charge in [0.25, 0.3) is 0 Å². The van der Waals surface area contributed by atoms with E-state index in [1.54, 1.807) is 30.3 Å². The van der Waals surface area contributed by atoms with E-state index < -0.39 is 104 Å². The van der Waals surface area contributed by atoms with Crippen molar-refractivity contribution in [3.63, 3.8) is 0 Å². The van der Waals surface area contributed by atoms with Gasteiger partial charge in [-0.1, -0.05) is 18.2 Å². The van der Waals surface area contributed by atoms with Crippen LogP contribution < -0.4 is 0 Å². The summed E-state index contributed by atoms with van der Waals surface area (Å²) in [5.41, 5.74) is 0.424. The van der Waals surface area contributed by atoms with E-state index >= 15 is 0 Å². The van der Waals surface area contributed by atoms with E-state index in [-0.39, 0.29) is 5.69 Å². The molecule has 278 valence electrons. The Labute approximate surface area is 291 Å². The molecule has 0 saturated carbocycles. The van der Waals surface area contributed by atoms with Crippen LogP contribution in [0.25, 0.3) is 5.69 Å². The van der Waals surface area contributed by atoms with Crippen LogP contribution in [0.5, 0.6) is 0 Å². The van der Waals surface area contributed by atoms with Gasteiger partial charge in [0.05, 0.1) is 11.9 Å². The standard InChI is InChI=1S/C32H39N3O16/c1-16(36)43-14-25(45-18(3)38)28(46-19(4)39)27(24-13-33-35(34-24)23-11-9-8-10-12-23)51-32-31(49-22(7)42)30(48-21(6)41)29(47-20(5)40)26(50-32)15-44-17(2)37/h8-13,25-32H,14-15H2,1-7H3. The van der Waals surface area contributed by atoms with E-state index in [0.717, 1.165) is 48.5 Å². The van der Waals surface area contributed by atoms with E-state index in [9.17, 15) is 33.6 Å². The van der Waals surface area contributed by atoms with Gasteiger partial charge < -0.3 is 42.6 Å². The van der Waals surface area contributed by atoms with Gasteiger partial charge in [0.15, 0.2) is 36.8 Å². The molecule has 1 aliphatic heterocycles. The molecule has 0 bridgehead atoms. The second kappa shape index (κ2) is 18.5. The number of carbonyl (C=O) groups is 7. The van der Waals surface area contributed by atoms with Crippen LogP contribution in [-0.4, -0.2) is 113 Å². The summed E-state index contributed by atoms with van der Waals surface area (Å²) in [6.07, 6.45) is -11.6. The lowest BCUT2D eigenvalue weighted by atomic mass is 9.97. The number of carbonyl (C=O) groups excluding carboxylic acids is 7. The minimum Gasteiger partial charge on any atom is -0.463 e. The zero-order valence-electron chi connectivity index (χ0n) is 28.9. The summed E-state index contributed by atoms with van der Waals surface area (Å²) in [7, 11) is 0. The molecule has 0 aliphatic carbocycles. The number of para-hydroxylation sites is 1. The Balaban J connectivity index is 2.25. The predicted molar refractivity (Wildman–Crippen MR) is 165 cm³/mol. The van der Waals surface area contributed by atoms with E-state index in [1.807, 2.05) is 0 Å². The summed E-state index contributed by atoms with van der Waals surface area (Å²) in [6, 6.07) is 8.58. The van der Waals surface area contributed by atoms with Crippen LogP contribution in [0.4, 0.5) is 0 Å². The van der Waals surface area contributed by atoms with E-state index in [0.29, 0.717) is 5.69 Å². The Morgan fingerprint density at radius 3 is 1.82 bits per heavy atom. The smallest absolute Gasteiger partial charge is 0.303 e. The van der Waals surface area contributed by atoms with Crippen LogP contribution in [0.1, 0.15) is 60.3 Å². The Morgan fingerprint density at radius 2 is 1.27 bits per heavy atom. The van der Waals surface area contributed by atoms with Gasteiger partial charge in [-0.3, -0.25) is 33.6 Å². The maximum atomic E-state index is 12.5. The number of benzene rings is 1. The molecule has 3 rings (SSSR count). The first kappa shape index (κ1) is 40.0. The molecule has 1 fully saturated rings. The monoisotopic (exact) mass is 721 g/mol. The SMILES string of the molecule is CC(=O)OCC(OC(C)=O)C(OC(C)=O)C(OC1OC(COC(C)=O)C(OC(C)=O)C(OC(C)=O)C1OC(C)=O)c1cnn(-c2ccccc2)n1. The summed E-state index contributed by atoms with van der Waals surface area (Å²) in [4.78, 5) is 86.6. The van der Waals surface area contributed by atoms with Crippen molar-refractivity contribution in [1.29, 1.82) is 0 Å². The number of ether oxygens (including phenoxy) is 9. The van der Waals surface area contributed by atoms with Gasteiger partial charge in [0, 0.05) is 48.5 Å². The highest BCUT2D eigenvalue weighted by Crippen LogP contribution is 2.35. The van der Waals surface area contributed by atoms with Crippen LogP contribution >= 0.6 is 0 Å². The topological polar surface area (TPSA) is 233 Å². The van der Waals surface area contributed by atoms with Gasteiger partial charge in [-0.2, -0.15) is 15.0 Å². The van der Waals surface area contributed by atoms with Crippen molar-refractivity contribution in [2.75, 3.05) is 13.2 Å². The highest BCUT2D eigenvalue weighted by Gasteiger charge is 2.54. The molecule has 1 saturated heterocycles. The third-order valence-electron chi connectivity index (χ3n) is 6.75. The molecule has 0 spiro atoms. The lowest BCUT2D eigenvalue weighted by Gasteiger charge is -2.45. The molecule has 19 heteroatoms. The molecule has 2 heterocycles. The zero-order valence-corrected chi connectivity index (χ0v) is 28.9. The quantitative estimate of drug-likeness (QED) is 0.183. The van der Waals surface area contributed by atoms with Crippen molar-refractivity contribution in [3.8, 4) is 5.69 Å². The summed E-state index contributed by atoms with van der Waals surface area (Å²) >= 11 is 0. The summed E-state index contributed by atoms with van der Waals surface area (Å²) in [5, 5.41) is 8.74. The number of hydrogen-bond donors (Lipinski definition) is 0. The van der Waals surface area contributed by atoms with E-state index in [2.05, 4.69) is 10.2 Å². The highest BCUT2D eigenvalue weighted by atomic mass is 16.7. The van der Waals surface area contributed by atoms with Crippen LogP contribution in [0, 0.1) is 0 Å². The number of aromatic nitrogens is 3. The number of rotatable bonds is 15. The van der Waals surface area contributed by atoms with E-state index in [1.165, 1.54) is 11.0 Å². The van der Waals surface area contributed by atoms with E-state index in [4.69, 9.17) is 42.6 Å². The molecule has 1 aromatic heterocycles. The molecule has 1 aromatic carbocycles. The van der Waals surface area contributed by atoms with Gasteiger partial charge in [0.1, 0.15) is 31.1 Å². The normalized spacial score (nSPS) is 21.5. The lowest BCUT2D eigenvalue weighted by Crippen LogP contribution is -2.63. The Morgan fingerprint density at radius 1 is 0.706 bits per heavy atom. The van der Waals surface area contributed by atoms with Crippen molar-refractivity contribution in [3.05, 3.63) is 42.2 Å². The molecule has 8 atom stereocenters. The average molecular weight is 722 g/mol. The molecular formula is C32H39N3O16. The lowest BCUT2D eigenvalue weighted by molar-refractivity contribution is -0.326. The van der Waals surface area contributed by atoms with Gasteiger partial charge in [-0.25, -0.2) is 0 Å². The fourth-order valence-electron chi connectivity index (χ4n) is 4.98. The number of esters is 7. The Bertz CT molecular complexity index is 1560. The average Bonchev–Trinajstić information content (AvgIpc) is 3.52. The highest BCUT2D eigenvalue weighted by molar-refractivity contribution is 5.69. The molecule has 1 aliphatic rings. The van der Waals surface area contributed by atoms with Crippen LogP contribution in [0.2, 0.25) is 0 Å². The van der Waals surface area contributed by atoms with Crippen molar-refractivity contribution in [2.45, 2.75) is 97.5 Å². The van der Waals surface area contributed by atoms with Crippen molar-refractivity contribution in [1.82, 2.24) is 15.0 Å². The minimum atomic E-state index is -1.80. The molecule has 51 heavy (non-hydrogen) atoms. The molecule has 2 aromatic rings. The van der Waals surface area contributed by atoms with Gasteiger partial charge in [0.2, 0.25) is 0 Å². The maximum Gasteiger partial charge on any atom is 0.303 e. The fraction of sp³-hybridized carbons (Fsp3) is 0.531. The maximum absolute atomic E-state index is 12.5. The molecular weight excluding hydrogens is 682 g/mol. The largest absolute Gasteiger partial charge is 0.463 e. The second-order valence-electron chi connectivity index (χ2n) is 11.0. The predicted octanol–water partition coefficient (Wildman–Crippen LogP) is 0.835. The molecule has 19 nitrogen and oxygen atoms in total. The van der Waals surface area contributed by atoms with Crippen molar-refractivity contribution >= 4 is 41.8 Å². The van der Waals surface area contributed by atoms with Gasteiger partial charge >= 0.3 is 41.8 Å². The molecule has 0 amide bonds. The zero-order chi connectivity index (χ0) is 37.8. The first-order valence-electron chi connectivity index (χ1n) is 15.5. The third kappa shape index (κ3) is 12.1. The molecule has 0 radical (unpaired) electrons. The van der Waals surface area contributed by atoms with Crippen LogP contribution in [-0.2, 0) is 76.2 Å². The fourth-order valence-corrected chi connectivity index (χ4v) is 4.98. The first-order chi connectivity index (χ1) is 24.0. The Hall–Kier alpha value is -5.43. The summed E-state index contributed by atoms with van der Waals surface area (Å²) < 4.78 is 50.2. The van der Waals surface area contributed by atoms with Gasteiger partial charge in [-0.15, -0.1) is 0 Å².